The molecule has 0 saturated carbocycles. The van der Waals surface area contributed by atoms with Gasteiger partial charge in [0.25, 0.3) is 0 Å². The summed E-state index contributed by atoms with van der Waals surface area (Å²) in [6, 6.07) is 16.9. The SMILES string of the molecule is CC(C)S(C)(C(C)C)C(C)C.Oc1ccc(-c2cc3ccccc3o2)cc1. The number of phenols is 1. The Hall–Kier alpha value is -1.87. The maximum atomic E-state index is 9.21. The molecule has 0 amide bonds. The van der Waals surface area contributed by atoms with Crippen LogP contribution in [-0.4, -0.2) is 27.1 Å². The van der Waals surface area contributed by atoms with Gasteiger partial charge in [-0.15, -0.1) is 0 Å². The van der Waals surface area contributed by atoms with E-state index in [1.54, 1.807) is 12.1 Å². The highest BCUT2D eigenvalue weighted by Crippen LogP contribution is 2.56. The zero-order valence-corrected chi connectivity index (χ0v) is 18.5. The summed E-state index contributed by atoms with van der Waals surface area (Å²) in [4.78, 5) is 0. The summed E-state index contributed by atoms with van der Waals surface area (Å²) in [7, 11) is -0.389. The van der Waals surface area contributed by atoms with Crippen LogP contribution in [-0.2, 0) is 0 Å². The van der Waals surface area contributed by atoms with Crippen molar-refractivity contribution in [2.45, 2.75) is 57.3 Å². The molecule has 0 aliphatic rings. The first-order valence-corrected chi connectivity index (χ1v) is 11.9. The molecule has 0 aliphatic heterocycles. The van der Waals surface area contributed by atoms with Crippen molar-refractivity contribution in [2.75, 3.05) is 6.26 Å². The van der Waals surface area contributed by atoms with Crippen LogP contribution in [0.4, 0.5) is 0 Å². The van der Waals surface area contributed by atoms with Crippen LogP contribution in [0.1, 0.15) is 41.5 Å². The maximum absolute atomic E-state index is 9.21. The predicted octanol–water partition coefficient (Wildman–Crippen LogP) is 7.45. The van der Waals surface area contributed by atoms with E-state index in [2.05, 4.69) is 47.8 Å². The Bertz CT molecular complexity index is 789. The van der Waals surface area contributed by atoms with Crippen LogP contribution in [0.2, 0.25) is 0 Å². The van der Waals surface area contributed by atoms with Gasteiger partial charge in [-0.25, -0.2) is 10.0 Å². The highest BCUT2D eigenvalue weighted by atomic mass is 32.3. The third-order valence-corrected chi connectivity index (χ3v) is 11.7. The summed E-state index contributed by atoms with van der Waals surface area (Å²) in [6.45, 7) is 14.2. The van der Waals surface area contributed by atoms with Crippen LogP contribution >= 0.6 is 10.0 Å². The lowest BCUT2D eigenvalue weighted by Gasteiger charge is -2.48. The molecule has 3 aromatic rings. The van der Waals surface area contributed by atoms with Gasteiger partial charge >= 0.3 is 0 Å². The Kier molecular flexibility index (Phi) is 7.05. The molecule has 3 heteroatoms. The van der Waals surface area contributed by atoms with Crippen LogP contribution in [0.3, 0.4) is 0 Å². The molecule has 0 radical (unpaired) electrons. The van der Waals surface area contributed by atoms with Crippen LogP contribution in [0.5, 0.6) is 5.75 Å². The summed E-state index contributed by atoms with van der Waals surface area (Å²) in [6.07, 6.45) is 2.49. The van der Waals surface area contributed by atoms with E-state index in [1.807, 2.05) is 42.5 Å². The van der Waals surface area contributed by atoms with Crippen molar-refractivity contribution in [1.82, 2.24) is 0 Å². The summed E-state index contributed by atoms with van der Waals surface area (Å²) < 4.78 is 5.71. The van der Waals surface area contributed by atoms with Gasteiger partial charge in [0.15, 0.2) is 0 Å². The standard InChI is InChI=1S/C14H10O2.C10H24S/c15-12-7-5-10(6-8-12)14-9-11-3-1-2-4-13(11)16-14;1-8(2)11(7,9(3)4)10(5)6/h1-9,15H;8-10H,1-7H3. The van der Waals surface area contributed by atoms with Crippen molar-refractivity contribution in [3.63, 3.8) is 0 Å². The number of hydrogen-bond donors (Lipinski definition) is 1. The summed E-state index contributed by atoms with van der Waals surface area (Å²) in [5, 5.41) is 12.9. The third-order valence-electron chi connectivity index (χ3n) is 5.62. The predicted molar refractivity (Wildman–Crippen MR) is 122 cm³/mol. The lowest BCUT2D eigenvalue weighted by Crippen LogP contribution is -2.27. The number of para-hydroxylation sites is 1. The van der Waals surface area contributed by atoms with Crippen LogP contribution in [0.15, 0.2) is 59.0 Å². The van der Waals surface area contributed by atoms with Gasteiger partial charge in [0.2, 0.25) is 0 Å². The van der Waals surface area contributed by atoms with Gasteiger partial charge in [-0.05, 0) is 58.4 Å². The fourth-order valence-electron chi connectivity index (χ4n) is 3.38. The first-order valence-electron chi connectivity index (χ1n) is 9.69. The Labute approximate surface area is 165 Å². The molecule has 0 spiro atoms. The second-order valence-electron chi connectivity index (χ2n) is 7.96. The van der Waals surface area contributed by atoms with Crippen molar-refractivity contribution < 1.29 is 9.52 Å². The fraction of sp³-hybridized carbons (Fsp3) is 0.417. The van der Waals surface area contributed by atoms with Gasteiger partial charge in [-0.3, -0.25) is 0 Å². The van der Waals surface area contributed by atoms with Gasteiger partial charge in [0, 0.05) is 10.9 Å². The number of aromatic hydroxyl groups is 1. The molecule has 0 saturated heterocycles. The first-order chi connectivity index (χ1) is 12.7. The van der Waals surface area contributed by atoms with E-state index >= 15 is 0 Å². The second-order valence-corrected chi connectivity index (χ2v) is 13.0. The van der Waals surface area contributed by atoms with Crippen molar-refractivity contribution in [3.05, 3.63) is 54.6 Å². The first kappa shape index (κ1) is 21.4. The minimum absolute atomic E-state index is 0.264. The van der Waals surface area contributed by atoms with Gasteiger partial charge in [-0.1, -0.05) is 59.7 Å². The zero-order valence-electron chi connectivity index (χ0n) is 17.7. The van der Waals surface area contributed by atoms with Gasteiger partial charge < -0.3 is 9.52 Å². The van der Waals surface area contributed by atoms with E-state index in [0.29, 0.717) is 0 Å². The zero-order chi connectivity index (χ0) is 20.2. The summed E-state index contributed by atoms with van der Waals surface area (Å²) in [5.41, 5.74) is 1.85. The van der Waals surface area contributed by atoms with Crippen molar-refractivity contribution >= 4 is 21.0 Å². The Morgan fingerprint density at radius 2 is 1.30 bits per heavy atom. The molecule has 148 valence electrons. The quantitative estimate of drug-likeness (QED) is 0.505. The Morgan fingerprint density at radius 3 is 1.74 bits per heavy atom. The molecule has 0 aliphatic carbocycles. The van der Waals surface area contributed by atoms with Crippen molar-refractivity contribution in [1.29, 1.82) is 0 Å². The number of phenolic OH excluding ortho intramolecular Hbond substituents is 1. The maximum Gasteiger partial charge on any atom is 0.135 e. The van der Waals surface area contributed by atoms with E-state index in [0.717, 1.165) is 38.0 Å². The largest absolute Gasteiger partial charge is 0.508 e. The molecule has 2 aromatic carbocycles. The summed E-state index contributed by atoms with van der Waals surface area (Å²) in [5.74, 6) is 1.08. The topological polar surface area (TPSA) is 33.4 Å². The highest BCUT2D eigenvalue weighted by Gasteiger charge is 2.29. The average Bonchev–Trinajstić information content (AvgIpc) is 3.05. The Morgan fingerprint density at radius 1 is 0.778 bits per heavy atom. The Balaban J connectivity index is 0.000000211. The molecular formula is C24H34O2S. The second kappa shape index (κ2) is 8.88. The lowest BCUT2D eigenvalue weighted by molar-refractivity contribution is 0.475. The van der Waals surface area contributed by atoms with Crippen molar-refractivity contribution in [2.24, 2.45) is 0 Å². The molecule has 2 nitrogen and oxygen atoms in total. The van der Waals surface area contributed by atoms with Gasteiger partial charge in [0.05, 0.1) is 0 Å². The molecule has 1 N–H and O–H groups in total. The average molecular weight is 387 g/mol. The smallest absolute Gasteiger partial charge is 0.135 e. The molecule has 3 rings (SSSR count). The number of rotatable bonds is 4. The lowest BCUT2D eigenvalue weighted by atomic mass is 10.1. The molecule has 0 fully saturated rings. The van der Waals surface area contributed by atoms with Crippen LogP contribution in [0.25, 0.3) is 22.3 Å². The minimum atomic E-state index is -0.389. The van der Waals surface area contributed by atoms with Gasteiger partial charge in [0.1, 0.15) is 17.1 Å². The van der Waals surface area contributed by atoms with Crippen LogP contribution < -0.4 is 0 Å². The van der Waals surface area contributed by atoms with Crippen molar-refractivity contribution in [3.8, 4) is 17.1 Å². The monoisotopic (exact) mass is 386 g/mol. The third kappa shape index (κ3) is 4.90. The number of furan rings is 1. The number of hydrogen-bond acceptors (Lipinski definition) is 2. The van der Waals surface area contributed by atoms with E-state index in [4.69, 9.17) is 4.42 Å². The molecule has 0 atom stereocenters. The normalized spacial score (nSPS) is 12.5. The van der Waals surface area contributed by atoms with E-state index in [1.165, 1.54) is 0 Å². The van der Waals surface area contributed by atoms with E-state index in [9.17, 15) is 5.11 Å². The number of fused-ring (bicyclic) bond motifs is 1. The van der Waals surface area contributed by atoms with Crippen LogP contribution in [0, 0.1) is 0 Å². The number of benzene rings is 2. The molecule has 0 unspecified atom stereocenters. The molecule has 1 aromatic heterocycles. The van der Waals surface area contributed by atoms with E-state index in [-0.39, 0.29) is 15.8 Å². The summed E-state index contributed by atoms with van der Waals surface area (Å²) >= 11 is 0. The van der Waals surface area contributed by atoms with E-state index < -0.39 is 0 Å². The molecular weight excluding hydrogens is 352 g/mol. The molecule has 1 heterocycles. The highest BCUT2D eigenvalue weighted by molar-refractivity contribution is 8.34. The molecule has 27 heavy (non-hydrogen) atoms. The minimum Gasteiger partial charge on any atom is -0.508 e. The van der Waals surface area contributed by atoms with Gasteiger partial charge in [-0.2, -0.15) is 0 Å². The molecule has 0 bridgehead atoms. The fourth-order valence-corrected chi connectivity index (χ4v) is 6.65.